The largest absolute Gasteiger partial charge is 0.497 e. The van der Waals surface area contributed by atoms with Crippen LogP contribution in [0.5, 0.6) is 11.5 Å². The quantitative estimate of drug-likeness (QED) is 0.776. The number of nitrogens with one attached hydrogen (secondary N) is 1. The van der Waals surface area contributed by atoms with Crippen LogP contribution in [0.4, 0.5) is 5.69 Å². The van der Waals surface area contributed by atoms with E-state index in [1.54, 1.807) is 25.3 Å². The highest BCUT2D eigenvalue weighted by Gasteiger charge is 2.40. The molecule has 0 fully saturated rings. The zero-order chi connectivity index (χ0) is 20.4. The number of amides is 2. The van der Waals surface area contributed by atoms with E-state index in [2.05, 4.69) is 5.32 Å². The Morgan fingerprint density at radius 1 is 0.929 bits per heavy atom. The number of rotatable bonds is 6. The summed E-state index contributed by atoms with van der Waals surface area (Å²) in [5, 5.41) is 3.13. The number of hydrogen-bond donors (Lipinski definition) is 1. The zero-order valence-electron chi connectivity index (χ0n) is 16.7. The zero-order valence-corrected chi connectivity index (χ0v) is 16.7. The first-order valence-corrected chi connectivity index (χ1v) is 9.05. The SMILES string of the molecule is COc1ccc(NC2=C(c3ccc(C)cc3)C(=O)N(C(C)C)C2=O)c(OC)c1. The molecular formula is C22H24N2O4. The number of nitrogens with zero attached hydrogens (tertiary/aromatic N) is 1. The highest BCUT2D eigenvalue weighted by atomic mass is 16.5. The number of aryl methyl sites for hydroxylation is 1. The second-order valence-corrected chi connectivity index (χ2v) is 6.88. The van der Waals surface area contributed by atoms with Crippen LogP contribution in [0.1, 0.15) is 25.0 Å². The van der Waals surface area contributed by atoms with E-state index >= 15 is 0 Å². The van der Waals surface area contributed by atoms with E-state index in [-0.39, 0.29) is 23.6 Å². The molecule has 0 unspecified atom stereocenters. The number of carbonyl (C=O) groups is 2. The molecule has 0 atom stereocenters. The smallest absolute Gasteiger partial charge is 0.278 e. The summed E-state index contributed by atoms with van der Waals surface area (Å²) in [5.41, 5.74) is 2.95. The lowest BCUT2D eigenvalue weighted by molar-refractivity contribution is -0.138. The van der Waals surface area contributed by atoms with Crippen molar-refractivity contribution in [2.75, 3.05) is 19.5 Å². The van der Waals surface area contributed by atoms with E-state index in [1.807, 2.05) is 45.0 Å². The third-order valence-corrected chi connectivity index (χ3v) is 4.64. The van der Waals surface area contributed by atoms with Crippen LogP contribution in [0.3, 0.4) is 0 Å². The highest BCUT2D eigenvalue weighted by Crippen LogP contribution is 2.35. The molecule has 1 aliphatic heterocycles. The number of carbonyl (C=O) groups excluding carboxylic acids is 2. The Labute approximate surface area is 164 Å². The van der Waals surface area contributed by atoms with E-state index < -0.39 is 0 Å². The summed E-state index contributed by atoms with van der Waals surface area (Å²) >= 11 is 0. The molecule has 0 saturated heterocycles. The second-order valence-electron chi connectivity index (χ2n) is 6.88. The van der Waals surface area contributed by atoms with Crippen molar-refractivity contribution in [3.63, 3.8) is 0 Å². The van der Waals surface area contributed by atoms with Gasteiger partial charge < -0.3 is 14.8 Å². The topological polar surface area (TPSA) is 67.9 Å². The summed E-state index contributed by atoms with van der Waals surface area (Å²) in [6, 6.07) is 12.5. The summed E-state index contributed by atoms with van der Waals surface area (Å²) in [7, 11) is 3.11. The van der Waals surface area contributed by atoms with Crippen molar-refractivity contribution in [2.45, 2.75) is 26.8 Å². The summed E-state index contributed by atoms with van der Waals surface area (Å²) < 4.78 is 10.6. The normalized spacial score (nSPS) is 14.1. The molecule has 2 amide bonds. The molecule has 0 aliphatic carbocycles. The predicted molar refractivity (Wildman–Crippen MR) is 108 cm³/mol. The Bertz CT molecular complexity index is 946. The van der Waals surface area contributed by atoms with Crippen LogP contribution < -0.4 is 14.8 Å². The van der Waals surface area contributed by atoms with E-state index in [0.717, 1.165) is 5.56 Å². The van der Waals surface area contributed by atoms with Crippen LogP contribution in [-0.2, 0) is 9.59 Å². The van der Waals surface area contributed by atoms with Gasteiger partial charge in [-0.15, -0.1) is 0 Å². The minimum Gasteiger partial charge on any atom is -0.497 e. The molecule has 2 aromatic rings. The van der Waals surface area contributed by atoms with Crippen LogP contribution in [0.15, 0.2) is 48.2 Å². The molecule has 28 heavy (non-hydrogen) atoms. The van der Waals surface area contributed by atoms with Gasteiger partial charge in [0.2, 0.25) is 0 Å². The average Bonchev–Trinajstić information content (AvgIpc) is 2.92. The van der Waals surface area contributed by atoms with Gasteiger partial charge in [0.1, 0.15) is 17.2 Å². The lowest BCUT2D eigenvalue weighted by Gasteiger charge is -2.19. The molecular weight excluding hydrogens is 356 g/mol. The van der Waals surface area contributed by atoms with Crippen molar-refractivity contribution in [1.29, 1.82) is 0 Å². The van der Waals surface area contributed by atoms with Gasteiger partial charge in [0, 0.05) is 12.1 Å². The Balaban J connectivity index is 2.11. The molecule has 0 aromatic heterocycles. The molecule has 1 aliphatic rings. The number of hydrogen-bond acceptors (Lipinski definition) is 5. The van der Waals surface area contributed by atoms with Crippen molar-refractivity contribution in [2.24, 2.45) is 0 Å². The summed E-state index contributed by atoms with van der Waals surface area (Å²) in [5.74, 6) is 0.485. The van der Waals surface area contributed by atoms with E-state index in [1.165, 1.54) is 12.0 Å². The highest BCUT2D eigenvalue weighted by molar-refractivity contribution is 6.36. The molecule has 0 spiro atoms. The van der Waals surface area contributed by atoms with Crippen molar-refractivity contribution in [1.82, 2.24) is 4.90 Å². The second kappa shape index (κ2) is 7.76. The van der Waals surface area contributed by atoms with Gasteiger partial charge in [-0.1, -0.05) is 29.8 Å². The number of anilines is 1. The average molecular weight is 380 g/mol. The lowest BCUT2D eigenvalue weighted by Crippen LogP contribution is -2.38. The molecule has 6 heteroatoms. The summed E-state index contributed by atoms with van der Waals surface area (Å²) in [4.78, 5) is 27.4. The van der Waals surface area contributed by atoms with Gasteiger partial charge in [-0.3, -0.25) is 14.5 Å². The molecule has 0 radical (unpaired) electrons. The monoisotopic (exact) mass is 380 g/mol. The first kappa shape index (κ1) is 19.5. The fourth-order valence-electron chi connectivity index (χ4n) is 3.16. The molecule has 6 nitrogen and oxygen atoms in total. The van der Waals surface area contributed by atoms with E-state index in [9.17, 15) is 9.59 Å². The van der Waals surface area contributed by atoms with Gasteiger partial charge in [-0.05, 0) is 38.5 Å². The fourth-order valence-corrected chi connectivity index (χ4v) is 3.16. The first-order valence-electron chi connectivity index (χ1n) is 9.05. The van der Waals surface area contributed by atoms with Gasteiger partial charge >= 0.3 is 0 Å². The van der Waals surface area contributed by atoms with Crippen LogP contribution in [0.2, 0.25) is 0 Å². The van der Waals surface area contributed by atoms with E-state index in [0.29, 0.717) is 28.3 Å². The van der Waals surface area contributed by atoms with Crippen LogP contribution in [0, 0.1) is 6.92 Å². The fraction of sp³-hybridized carbons (Fsp3) is 0.273. The van der Waals surface area contributed by atoms with Gasteiger partial charge in [0.05, 0.1) is 25.5 Å². The Morgan fingerprint density at radius 2 is 1.61 bits per heavy atom. The third-order valence-electron chi connectivity index (χ3n) is 4.64. The maximum Gasteiger partial charge on any atom is 0.278 e. The van der Waals surface area contributed by atoms with Crippen LogP contribution in [0.25, 0.3) is 5.57 Å². The van der Waals surface area contributed by atoms with Gasteiger partial charge in [-0.25, -0.2) is 0 Å². The molecule has 146 valence electrons. The molecule has 3 rings (SSSR count). The minimum absolute atomic E-state index is 0.242. The number of imide groups is 1. The number of methoxy groups -OCH3 is 2. The van der Waals surface area contributed by atoms with Crippen molar-refractivity contribution >= 4 is 23.1 Å². The number of benzene rings is 2. The number of ether oxygens (including phenoxy) is 2. The summed E-state index contributed by atoms with van der Waals surface area (Å²) in [6.45, 7) is 5.61. The Kier molecular flexibility index (Phi) is 5.40. The van der Waals surface area contributed by atoms with Crippen LogP contribution in [-0.4, -0.2) is 37.0 Å². The lowest BCUT2D eigenvalue weighted by atomic mass is 10.0. The van der Waals surface area contributed by atoms with Crippen molar-refractivity contribution in [3.05, 3.63) is 59.3 Å². The first-order chi connectivity index (χ1) is 13.4. The standard InChI is InChI=1S/C22H24N2O4/c1-13(2)24-21(25)19(15-8-6-14(3)7-9-15)20(22(24)26)23-17-11-10-16(27-4)12-18(17)28-5/h6-13,23H,1-5H3. The predicted octanol–water partition coefficient (Wildman–Crippen LogP) is 3.61. The molecule has 1 heterocycles. The van der Waals surface area contributed by atoms with Gasteiger partial charge in [0.15, 0.2) is 0 Å². The summed E-state index contributed by atoms with van der Waals surface area (Å²) in [6.07, 6.45) is 0. The molecule has 0 saturated carbocycles. The third kappa shape index (κ3) is 3.45. The van der Waals surface area contributed by atoms with Crippen molar-refractivity contribution in [3.8, 4) is 11.5 Å². The minimum atomic E-state index is -0.353. The Morgan fingerprint density at radius 3 is 2.18 bits per heavy atom. The van der Waals surface area contributed by atoms with E-state index in [4.69, 9.17) is 9.47 Å². The van der Waals surface area contributed by atoms with Crippen LogP contribution >= 0.6 is 0 Å². The maximum absolute atomic E-state index is 13.1. The molecule has 0 bridgehead atoms. The van der Waals surface area contributed by atoms with Gasteiger partial charge in [0.25, 0.3) is 11.8 Å². The molecule has 1 N–H and O–H groups in total. The maximum atomic E-state index is 13.1. The van der Waals surface area contributed by atoms with Crippen molar-refractivity contribution < 1.29 is 19.1 Å². The van der Waals surface area contributed by atoms with Gasteiger partial charge in [-0.2, -0.15) is 0 Å². The molecule has 2 aromatic carbocycles. The Hall–Kier alpha value is -3.28.